The van der Waals surface area contributed by atoms with Crippen LogP contribution in [0.25, 0.3) is 0 Å². The molecule has 1 saturated heterocycles. The predicted molar refractivity (Wildman–Crippen MR) is 115 cm³/mol. The van der Waals surface area contributed by atoms with Crippen molar-refractivity contribution in [2.75, 3.05) is 13.1 Å². The minimum Gasteiger partial charge on any atom is -0.316 e. The smallest absolute Gasteiger partial charge is 0.139 e. The quantitative estimate of drug-likeness (QED) is 0.636. The van der Waals surface area contributed by atoms with Gasteiger partial charge in [-0.2, -0.15) is 0 Å². The van der Waals surface area contributed by atoms with E-state index in [1.165, 1.54) is 57.2 Å². The van der Waals surface area contributed by atoms with Crippen molar-refractivity contribution < 1.29 is 4.79 Å². The standard InChI is InChI=1S/C26H39NO/c1-17-14-20-15-18(4-5-19-10-13-27-16-19)8-11-25(20,2)22-9-12-26(3)21(24(17)22)6-7-23(26)28/h4-5,18-22,24,27H,1,6-16H2,2-3H3/b5-4-/t18-,19-,20?,21+,22+,24+,25+,26+/m1/s1. The Balaban J connectivity index is 1.34. The average Bonchev–Trinajstić information content (AvgIpc) is 3.29. The molecule has 0 amide bonds. The van der Waals surface area contributed by atoms with Crippen molar-refractivity contribution in [2.24, 2.45) is 46.3 Å². The van der Waals surface area contributed by atoms with E-state index >= 15 is 0 Å². The lowest BCUT2D eigenvalue weighted by Gasteiger charge is -2.61. The summed E-state index contributed by atoms with van der Waals surface area (Å²) in [7, 11) is 0. The molecule has 5 aliphatic rings. The van der Waals surface area contributed by atoms with Gasteiger partial charge in [-0.1, -0.05) is 38.2 Å². The zero-order valence-electron chi connectivity index (χ0n) is 18.0. The van der Waals surface area contributed by atoms with Crippen molar-refractivity contribution in [2.45, 2.75) is 71.6 Å². The van der Waals surface area contributed by atoms with Crippen molar-refractivity contribution in [1.29, 1.82) is 0 Å². The molecule has 0 bridgehead atoms. The molecule has 4 saturated carbocycles. The number of hydrogen-bond acceptors (Lipinski definition) is 2. The van der Waals surface area contributed by atoms with E-state index in [1.807, 2.05) is 0 Å². The number of hydrogen-bond donors (Lipinski definition) is 1. The van der Waals surface area contributed by atoms with Gasteiger partial charge in [-0.15, -0.1) is 0 Å². The normalized spacial score (nSPS) is 51.2. The summed E-state index contributed by atoms with van der Waals surface area (Å²) in [5.41, 5.74) is 1.93. The highest BCUT2D eigenvalue weighted by molar-refractivity contribution is 5.87. The average molecular weight is 382 g/mol. The fraction of sp³-hybridized carbons (Fsp3) is 0.808. The zero-order valence-corrected chi connectivity index (χ0v) is 18.0. The van der Waals surface area contributed by atoms with Gasteiger partial charge in [-0.05, 0) is 98.8 Å². The summed E-state index contributed by atoms with van der Waals surface area (Å²) in [6.07, 6.45) is 16.0. The summed E-state index contributed by atoms with van der Waals surface area (Å²) in [5.74, 6) is 4.84. The Bertz CT molecular complexity index is 689. The first kappa shape index (κ1) is 19.1. The van der Waals surface area contributed by atoms with Crippen LogP contribution in [0.1, 0.15) is 71.6 Å². The molecule has 0 aromatic carbocycles. The summed E-state index contributed by atoms with van der Waals surface area (Å²) in [6.45, 7) is 11.9. The molecule has 5 rings (SSSR count). The van der Waals surface area contributed by atoms with Gasteiger partial charge in [-0.25, -0.2) is 0 Å². The van der Waals surface area contributed by atoms with Crippen LogP contribution < -0.4 is 5.32 Å². The highest BCUT2D eigenvalue weighted by Gasteiger charge is 2.61. The number of ketones is 1. The van der Waals surface area contributed by atoms with E-state index in [-0.39, 0.29) is 5.41 Å². The molecule has 1 unspecified atom stereocenters. The highest BCUT2D eigenvalue weighted by Crippen LogP contribution is 2.66. The summed E-state index contributed by atoms with van der Waals surface area (Å²) < 4.78 is 0. The molecule has 28 heavy (non-hydrogen) atoms. The number of nitrogens with one attached hydrogen (secondary N) is 1. The van der Waals surface area contributed by atoms with E-state index in [2.05, 4.69) is 37.9 Å². The molecule has 0 radical (unpaired) electrons. The highest BCUT2D eigenvalue weighted by atomic mass is 16.1. The molecule has 0 aromatic rings. The van der Waals surface area contributed by atoms with Crippen LogP contribution >= 0.6 is 0 Å². The van der Waals surface area contributed by atoms with E-state index in [9.17, 15) is 4.79 Å². The van der Waals surface area contributed by atoms with Crippen molar-refractivity contribution in [3.8, 4) is 0 Å². The molecule has 4 aliphatic carbocycles. The van der Waals surface area contributed by atoms with E-state index in [0.29, 0.717) is 23.0 Å². The molecular formula is C26H39NO. The third-order valence-corrected chi connectivity index (χ3v) is 10.1. The van der Waals surface area contributed by atoms with Crippen molar-refractivity contribution in [1.82, 2.24) is 5.32 Å². The van der Waals surface area contributed by atoms with E-state index in [0.717, 1.165) is 42.9 Å². The minimum absolute atomic E-state index is 0.0391. The number of Topliss-reactive ketones (excluding diaryl/α,β-unsaturated/α-hetero) is 1. The van der Waals surface area contributed by atoms with Gasteiger partial charge in [0.1, 0.15) is 5.78 Å². The summed E-state index contributed by atoms with van der Waals surface area (Å²) >= 11 is 0. The second kappa shape index (κ2) is 6.83. The van der Waals surface area contributed by atoms with Crippen molar-refractivity contribution in [3.05, 3.63) is 24.3 Å². The summed E-state index contributed by atoms with van der Waals surface area (Å²) in [5, 5.41) is 3.49. The molecule has 1 aliphatic heterocycles. The molecule has 1 heterocycles. The Morgan fingerprint density at radius 3 is 2.64 bits per heavy atom. The zero-order chi connectivity index (χ0) is 19.5. The monoisotopic (exact) mass is 381 g/mol. The molecule has 0 spiro atoms. The molecular weight excluding hydrogens is 342 g/mol. The SMILES string of the molecule is C=C1CC2C[C@H](/C=C\[C@@H]3CCNC3)CC[C@]2(C)[C@H]2CC[C@]3(C)C(=O)CC[C@H]3[C@H]12. The second-order valence-corrected chi connectivity index (χ2v) is 11.4. The molecule has 0 aromatic heterocycles. The Labute approximate surface area is 171 Å². The van der Waals surface area contributed by atoms with Crippen LogP contribution in [0.5, 0.6) is 0 Å². The van der Waals surface area contributed by atoms with E-state index in [1.54, 1.807) is 0 Å². The first-order chi connectivity index (χ1) is 13.4. The lowest BCUT2D eigenvalue weighted by molar-refractivity contribution is -0.134. The third-order valence-electron chi connectivity index (χ3n) is 10.1. The van der Waals surface area contributed by atoms with Gasteiger partial charge in [0.2, 0.25) is 0 Å². The predicted octanol–water partition coefficient (Wildman–Crippen LogP) is 5.55. The van der Waals surface area contributed by atoms with Crippen LogP contribution in [-0.4, -0.2) is 18.9 Å². The minimum atomic E-state index is -0.0391. The van der Waals surface area contributed by atoms with Crippen LogP contribution in [0.3, 0.4) is 0 Å². The topological polar surface area (TPSA) is 29.1 Å². The maximum absolute atomic E-state index is 12.7. The first-order valence-electron chi connectivity index (χ1n) is 12.0. The largest absolute Gasteiger partial charge is 0.316 e. The van der Waals surface area contributed by atoms with Crippen LogP contribution in [0.15, 0.2) is 24.3 Å². The number of rotatable bonds is 2. The van der Waals surface area contributed by atoms with Crippen molar-refractivity contribution in [3.63, 3.8) is 0 Å². The summed E-state index contributed by atoms with van der Waals surface area (Å²) in [6, 6.07) is 0. The van der Waals surface area contributed by atoms with Crippen LogP contribution in [-0.2, 0) is 4.79 Å². The van der Waals surface area contributed by atoms with Gasteiger partial charge in [0.25, 0.3) is 0 Å². The van der Waals surface area contributed by atoms with Gasteiger partial charge in [0.15, 0.2) is 0 Å². The van der Waals surface area contributed by atoms with Gasteiger partial charge in [-0.3, -0.25) is 4.79 Å². The maximum Gasteiger partial charge on any atom is 0.139 e. The number of fused-ring (bicyclic) bond motifs is 5. The number of allylic oxidation sites excluding steroid dienone is 2. The fourth-order valence-corrected chi connectivity index (χ4v) is 8.26. The molecule has 8 atom stereocenters. The molecule has 2 heteroatoms. The van der Waals surface area contributed by atoms with Gasteiger partial charge < -0.3 is 5.32 Å². The summed E-state index contributed by atoms with van der Waals surface area (Å²) in [4.78, 5) is 12.7. The van der Waals surface area contributed by atoms with Gasteiger partial charge in [0, 0.05) is 18.4 Å². The van der Waals surface area contributed by atoms with E-state index < -0.39 is 0 Å². The molecule has 2 nitrogen and oxygen atoms in total. The van der Waals surface area contributed by atoms with Crippen LogP contribution in [0.2, 0.25) is 0 Å². The molecule has 1 N–H and O–H groups in total. The van der Waals surface area contributed by atoms with Gasteiger partial charge in [0.05, 0.1) is 0 Å². The van der Waals surface area contributed by atoms with Crippen LogP contribution in [0, 0.1) is 46.3 Å². The Kier molecular flexibility index (Phi) is 4.66. The Hall–Kier alpha value is -0.890. The fourth-order valence-electron chi connectivity index (χ4n) is 8.26. The second-order valence-electron chi connectivity index (χ2n) is 11.4. The van der Waals surface area contributed by atoms with Crippen molar-refractivity contribution >= 4 is 5.78 Å². The van der Waals surface area contributed by atoms with E-state index in [4.69, 9.17) is 0 Å². The van der Waals surface area contributed by atoms with Gasteiger partial charge >= 0.3 is 0 Å². The molecule has 5 fully saturated rings. The first-order valence-corrected chi connectivity index (χ1v) is 12.0. The lowest BCUT2D eigenvalue weighted by Crippen LogP contribution is -2.54. The maximum atomic E-state index is 12.7. The lowest BCUT2D eigenvalue weighted by atomic mass is 9.44. The van der Waals surface area contributed by atoms with Crippen LogP contribution in [0.4, 0.5) is 0 Å². The number of carbonyl (C=O) groups is 1. The molecule has 154 valence electrons. The Morgan fingerprint density at radius 2 is 1.86 bits per heavy atom. The Morgan fingerprint density at radius 1 is 1.04 bits per heavy atom. The third kappa shape index (κ3) is 2.81. The number of carbonyl (C=O) groups excluding carboxylic acids is 1.